The average Bonchev–Trinajstić information content (AvgIpc) is 3.24. The van der Waals surface area contributed by atoms with Crippen LogP contribution in [0.1, 0.15) is 13.8 Å². The zero-order valence-corrected chi connectivity index (χ0v) is 28.8. The highest BCUT2D eigenvalue weighted by Crippen LogP contribution is 2.43. The van der Waals surface area contributed by atoms with Crippen molar-refractivity contribution in [3.05, 3.63) is 171 Å². The quantitative estimate of drug-likeness (QED) is 0.164. The number of nitrogens with zero attached hydrogens (tertiary/aromatic N) is 6. The molecule has 6 heterocycles. The molecule has 0 aliphatic carbocycles. The molecule has 52 heavy (non-hydrogen) atoms. The Kier molecular flexibility index (Phi) is 9.01. The maximum atomic E-state index is 5.24. The lowest BCUT2D eigenvalue weighted by Gasteiger charge is -2.17. The number of benzene rings is 3. The molecule has 0 unspecified atom stereocenters. The summed E-state index contributed by atoms with van der Waals surface area (Å²) in [6, 6.07) is 45.6. The van der Waals surface area contributed by atoms with Crippen molar-refractivity contribution in [3.8, 4) is 67.5 Å². The topological polar surface area (TPSA) is 77.3 Å². The Balaban J connectivity index is 0.00000190. The van der Waals surface area contributed by atoms with Crippen LogP contribution >= 0.6 is 0 Å². The van der Waals surface area contributed by atoms with Crippen LogP contribution in [-0.2, 0) is 0 Å². The second-order valence-electron chi connectivity index (χ2n) is 12.0. The first-order valence-electron chi connectivity index (χ1n) is 17.4. The van der Waals surface area contributed by atoms with E-state index < -0.39 is 0 Å². The van der Waals surface area contributed by atoms with E-state index in [-0.39, 0.29) is 0 Å². The van der Waals surface area contributed by atoms with Crippen LogP contribution in [0.25, 0.3) is 89.1 Å². The van der Waals surface area contributed by atoms with Gasteiger partial charge in [-0.05, 0) is 100 Å². The highest BCUT2D eigenvalue weighted by atomic mass is 14.7. The molecule has 3 aromatic carbocycles. The Morgan fingerprint density at radius 3 is 1.10 bits per heavy atom. The Bertz CT molecular complexity index is 2500. The standard InChI is InChI=1S/C44H28N6.C2H6/c1-12-32(41-19-3-16-38(48-41)29-9-6-22-45-26-29)36-25-37-33(42-20-4-17-39(49-42)30-10-7-23-46-27-30)13-2-15-35(37)44(34(36)14-1)43-21-5-18-40(50-43)31-11-8-24-47-28-31;1-2/h1-28H;1-2H3. The van der Waals surface area contributed by atoms with Gasteiger partial charge < -0.3 is 0 Å². The molecule has 0 spiro atoms. The van der Waals surface area contributed by atoms with Gasteiger partial charge in [0.1, 0.15) is 0 Å². The average molecular weight is 671 g/mol. The maximum absolute atomic E-state index is 5.24. The summed E-state index contributed by atoms with van der Waals surface area (Å²) in [5.41, 5.74) is 11.3. The van der Waals surface area contributed by atoms with Gasteiger partial charge in [-0.15, -0.1) is 0 Å². The fourth-order valence-electron chi connectivity index (χ4n) is 6.66. The zero-order chi connectivity index (χ0) is 35.3. The third kappa shape index (κ3) is 6.18. The van der Waals surface area contributed by atoms with E-state index in [1.807, 2.05) is 87.0 Å². The minimum Gasteiger partial charge on any atom is -0.264 e. The van der Waals surface area contributed by atoms with Crippen molar-refractivity contribution in [1.29, 1.82) is 0 Å². The largest absolute Gasteiger partial charge is 0.264 e. The molecule has 9 rings (SSSR count). The van der Waals surface area contributed by atoms with Crippen molar-refractivity contribution in [3.63, 3.8) is 0 Å². The summed E-state index contributed by atoms with van der Waals surface area (Å²) in [5.74, 6) is 0. The monoisotopic (exact) mass is 670 g/mol. The van der Waals surface area contributed by atoms with Crippen LogP contribution in [0.3, 0.4) is 0 Å². The van der Waals surface area contributed by atoms with Crippen molar-refractivity contribution >= 4 is 21.5 Å². The first kappa shape index (κ1) is 32.3. The van der Waals surface area contributed by atoms with Gasteiger partial charge in [-0.25, -0.2) is 15.0 Å². The fourth-order valence-corrected chi connectivity index (χ4v) is 6.66. The van der Waals surface area contributed by atoms with Crippen LogP contribution in [0.5, 0.6) is 0 Å². The number of hydrogen-bond acceptors (Lipinski definition) is 6. The highest BCUT2D eigenvalue weighted by molar-refractivity contribution is 6.18. The first-order chi connectivity index (χ1) is 25.8. The lowest BCUT2D eigenvalue weighted by Crippen LogP contribution is -1.95. The molecule has 248 valence electrons. The van der Waals surface area contributed by atoms with Gasteiger partial charge in [0.05, 0.1) is 34.2 Å². The predicted octanol–water partition coefficient (Wildman–Crippen LogP) is 11.4. The maximum Gasteiger partial charge on any atom is 0.0725 e. The van der Waals surface area contributed by atoms with E-state index in [4.69, 9.17) is 15.0 Å². The van der Waals surface area contributed by atoms with Gasteiger partial charge in [-0.1, -0.05) is 68.4 Å². The summed E-state index contributed by atoms with van der Waals surface area (Å²) in [6.07, 6.45) is 10.9. The second kappa shape index (κ2) is 14.5. The normalized spacial score (nSPS) is 10.9. The van der Waals surface area contributed by atoms with Gasteiger partial charge in [0, 0.05) is 70.6 Å². The number of rotatable bonds is 6. The zero-order valence-electron chi connectivity index (χ0n) is 28.8. The molecule has 0 saturated heterocycles. The number of fused-ring (bicyclic) bond motifs is 2. The Morgan fingerprint density at radius 2 is 0.692 bits per heavy atom. The molecule has 0 saturated carbocycles. The molecule has 6 heteroatoms. The minimum atomic E-state index is 0.865. The molecule has 0 N–H and O–H groups in total. The molecule has 0 radical (unpaired) electrons. The van der Waals surface area contributed by atoms with Gasteiger partial charge in [0.15, 0.2) is 0 Å². The van der Waals surface area contributed by atoms with Crippen molar-refractivity contribution < 1.29 is 0 Å². The van der Waals surface area contributed by atoms with Gasteiger partial charge in [0.2, 0.25) is 0 Å². The van der Waals surface area contributed by atoms with Gasteiger partial charge in [-0.3, -0.25) is 15.0 Å². The van der Waals surface area contributed by atoms with E-state index in [2.05, 4.69) is 93.8 Å². The van der Waals surface area contributed by atoms with E-state index in [9.17, 15) is 0 Å². The number of pyridine rings is 6. The van der Waals surface area contributed by atoms with Crippen molar-refractivity contribution in [2.75, 3.05) is 0 Å². The van der Waals surface area contributed by atoms with Gasteiger partial charge in [0.25, 0.3) is 0 Å². The summed E-state index contributed by atoms with van der Waals surface area (Å²) >= 11 is 0. The van der Waals surface area contributed by atoms with Crippen molar-refractivity contribution in [2.24, 2.45) is 0 Å². The Morgan fingerprint density at radius 1 is 0.327 bits per heavy atom. The fraction of sp³-hybridized carbons (Fsp3) is 0.0435. The van der Waals surface area contributed by atoms with Crippen LogP contribution in [-0.4, -0.2) is 29.9 Å². The molecule has 0 aliphatic heterocycles. The Labute approximate surface area is 302 Å². The Hall–Kier alpha value is -6.92. The first-order valence-corrected chi connectivity index (χ1v) is 17.4. The van der Waals surface area contributed by atoms with E-state index >= 15 is 0 Å². The molecule has 6 aromatic heterocycles. The minimum absolute atomic E-state index is 0.865. The van der Waals surface area contributed by atoms with Crippen LogP contribution < -0.4 is 0 Å². The molecular weight excluding hydrogens is 637 g/mol. The van der Waals surface area contributed by atoms with Crippen molar-refractivity contribution in [1.82, 2.24) is 29.9 Å². The summed E-state index contributed by atoms with van der Waals surface area (Å²) < 4.78 is 0. The van der Waals surface area contributed by atoms with E-state index in [0.717, 1.165) is 89.1 Å². The van der Waals surface area contributed by atoms with Gasteiger partial charge >= 0.3 is 0 Å². The van der Waals surface area contributed by atoms with Gasteiger partial charge in [-0.2, -0.15) is 0 Å². The summed E-state index contributed by atoms with van der Waals surface area (Å²) in [5, 5.41) is 4.34. The molecule has 0 aliphatic rings. The van der Waals surface area contributed by atoms with Crippen LogP contribution in [0.4, 0.5) is 0 Å². The van der Waals surface area contributed by atoms with Crippen LogP contribution in [0.15, 0.2) is 171 Å². The molecule has 9 aromatic rings. The number of aromatic nitrogens is 6. The third-order valence-electron chi connectivity index (χ3n) is 8.97. The molecule has 6 nitrogen and oxygen atoms in total. The second-order valence-corrected chi connectivity index (χ2v) is 12.0. The molecule has 0 atom stereocenters. The van der Waals surface area contributed by atoms with Crippen LogP contribution in [0.2, 0.25) is 0 Å². The number of hydrogen-bond donors (Lipinski definition) is 0. The summed E-state index contributed by atoms with van der Waals surface area (Å²) in [4.78, 5) is 28.5. The van der Waals surface area contributed by atoms with E-state index in [1.165, 1.54) is 0 Å². The molecule has 0 bridgehead atoms. The lowest BCUT2D eigenvalue weighted by atomic mass is 9.88. The molecule has 0 fully saturated rings. The molecule has 0 amide bonds. The lowest BCUT2D eigenvalue weighted by molar-refractivity contribution is 1.28. The smallest absolute Gasteiger partial charge is 0.0725 e. The third-order valence-corrected chi connectivity index (χ3v) is 8.97. The highest BCUT2D eigenvalue weighted by Gasteiger charge is 2.18. The van der Waals surface area contributed by atoms with Crippen LogP contribution in [0, 0.1) is 0 Å². The summed E-state index contributed by atoms with van der Waals surface area (Å²) in [7, 11) is 0. The molecular formula is C46H34N6. The van der Waals surface area contributed by atoms with E-state index in [0.29, 0.717) is 0 Å². The SMILES string of the molecule is CC.c1cncc(-c2cccc(-c3cccc4c(-c5cccc(-c6cccnc6)n5)c5cccc(-c6cccc(-c7cccnc7)n6)c5cc34)n2)c1. The predicted molar refractivity (Wildman–Crippen MR) is 212 cm³/mol. The van der Waals surface area contributed by atoms with E-state index in [1.54, 1.807) is 18.6 Å². The van der Waals surface area contributed by atoms with Crippen molar-refractivity contribution in [2.45, 2.75) is 13.8 Å². The summed E-state index contributed by atoms with van der Waals surface area (Å²) in [6.45, 7) is 4.00.